The molecule has 0 bridgehead atoms. The maximum atomic E-state index is 12.5. The number of amides is 1. The summed E-state index contributed by atoms with van der Waals surface area (Å²) in [5, 5.41) is 3.37. The van der Waals surface area contributed by atoms with Crippen molar-refractivity contribution in [3.8, 4) is 28.6 Å². The average molecular weight is 402 g/mol. The van der Waals surface area contributed by atoms with E-state index >= 15 is 0 Å². The Balaban J connectivity index is 1.75. The molecule has 2 aromatic carbocycles. The van der Waals surface area contributed by atoms with Crippen molar-refractivity contribution in [1.82, 2.24) is 5.32 Å². The number of halogens is 1. The molecule has 0 unspecified atom stereocenters. The summed E-state index contributed by atoms with van der Waals surface area (Å²) in [5.74, 6) is 2.04. The summed E-state index contributed by atoms with van der Waals surface area (Å²) in [5.41, 5.74) is 1.47. The summed E-state index contributed by atoms with van der Waals surface area (Å²) in [6.07, 6.45) is 0. The first kappa shape index (κ1) is 19.6. The fraction of sp³-hybridized carbons (Fsp3) is 0.190. The monoisotopic (exact) mass is 401 g/mol. The topological polar surface area (TPSA) is 69.9 Å². The summed E-state index contributed by atoms with van der Waals surface area (Å²) in [6.45, 7) is 0.227. The van der Waals surface area contributed by atoms with Crippen molar-refractivity contribution in [2.45, 2.75) is 6.54 Å². The van der Waals surface area contributed by atoms with Gasteiger partial charge in [0.25, 0.3) is 5.91 Å². The molecule has 0 aliphatic heterocycles. The van der Waals surface area contributed by atoms with Gasteiger partial charge in [-0.2, -0.15) is 0 Å². The van der Waals surface area contributed by atoms with Crippen LogP contribution in [0.2, 0.25) is 5.02 Å². The zero-order chi connectivity index (χ0) is 20.1. The van der Waals surface area contributed by atoms with Gasteiger partial charge in [-0.05, 0) is 30.3 Å². The van der Waals surface area contributed by atoms with E-state index in [4.69, 9.17) is 30.2 Å². The molecule has 1 N–H and O–H groups in total. The summed E-state index contributed by atoms with van der Waals surface area (Å²) in [4.78, 5) is 12.5. The molecule has 0 spiro atoms. The van der Waals surface area contributed by atoms with Crippen LogP contribution in [0.15, 0.2) is 52.9 Å². The molecule has 1 aromatic heterocycles. The molecule has 0 saturated heterocycles. The minimum Gasteiger partial charge on any atom is -0.496 e. The molecule has 28 heavy (non-hydrogen) atoms. The van der Waals surface area contributed by atoms with Crippen molar-refractivity contribution in [1.29, 1.82) is 0 Å². The van der Waals surface area contributed by atoms with E-state index in [9.17, 15) is 4.79 Å². The van der Waals surface area contributed by atoms with E-state index in [1.165, 1.54) is 0 Å². The third-order valence-corrected chi connectivity index (χ3v) is 4.52. The van der Waals surface area contributed by atoms with Crippen molar-refractivity contribution >= 4 is 17.5 Å². The number of nitrogens with one attached hydrogen (secondary N) is 1. The Kier molecular flexibility index (Phi) is 6.11. The highest BCUT2D eigenvalue weighted by Gasteiger charge is 2.16. The molecule has 0 atom stereocenters. The van der Waals surface area contributed by atoms with Crippen LogP contribution in [0.4, 0.5) is 0 Å². The highest BCUT2D eigenvalue weighted by atomic mass is 35.5. The Morgan fingerprint density at radius 3 is 2.32 bits per heavy atom. The molecule has 0 aliphatic rings. The Labute approximate surface area is 168 Å². The number of rotatable bonds is 7. The fourth-order valence-electron chi connectivity index (χ4n) is 2.76. The average Bonchev–Trinajstić information content (AvgIpc) is 3.21. The molecule has 0 fully saturated rings. The maximum Gasteiger partial charge on any atom is 0.287 e. The minimum absolute atomic E-state index is 0.189. The molecule has 146 valence electrons. The summed E-state index contributed by atoms with van der Waals surface area (Å²) < 4.78 is 21.6. The second kappa shape index (κ2) is 8.71. The van der Waals surface area contributed by atoms with E-state index in [2.05, 4.69) is 5.32 Å². The normalized spacial score (nSPS) is 10.4. The second-order valence-corrected chi connectivity index (χ2v) is 6.25. The van der Waals surface area contributed by atoms with Gasteiger partial charge in [0.2, 0.25) is 0 Å². The number of hydrogen-bond acceptors (Lipinski definition) is 5. The lowest BCUT2D eigenvalue weighted by molar-refractivity contribution is 0.0923. The first-order chi connectivity index (χ1) is 13.6. The molecule has 1 heterocycles. The van der Waals surface area contributed by atoms with Gasteiger partial charge < -0.3 is 23.9 Å². The van der Waals surface area contributed by atoms with Crippen LogP contribution >= 0.6 is 11.6 Å². The minimum atomic E-state index is -0.352. The zero-order valence-electron chi connectivity index (χ0n) is 15.7. The molecular weight excluding hydrogens is 382 g/mol. The van der Waals surface area contributed by atoms with Crippen LogP contribution in [-0.4, -0.2) is 27.2 Å². The van der Waals surface area contributed by atoms with Crippen molar-refractivity contribution in [2.24, 2.45) is 0 Å². The molecule has 3 rings (SSSR count). The summed E-state index contributed by atoms with van der Waals surface area (Å²) in [6, 6.07) is 14.1. The predicted molar refractivity (Wildman–Crippen MR) is 106 cm³/mol. The number of benzene rings is 2. The van der Waals surface area contributed by atoms with Gasteiger partial charge in [0, 0.05) is 23.7 Å². The second-order valence-electron chi connectivity index (χ2n) is 5.85. The quantitative estimate of drug-likeness (QED) is 0.628. The van der Waals surface area contributed by atoms with Crippen molar-refractivity contribution < 1.29 is 23.4 Å². The van der Waals surface area contributed by atoms with Crippen LogP contribution in [0.25, 0.3) is 11.3 Å². The van der Waals surface area contributed by atoms with Gasteiger partial charge in [-0.1, -0.05) is 23.7 Å². The molecular formula is C21H20ClNO5. The first-order valence-electron chi connectivity index (χ1n) is 8.49. The van der Waals surface area contributed by atoms with Gasteiger partial charge in [0.1, 0.15) is 11.5 Å². The van der Waals surface area contributed by atoms with Gasteiger partial charge in [0.05, 0.1) is 26.4 Å². The number of ether oxygens (including phenoxy) is 3. The fourth-order valence-corrected chi connectivity index (χ4v) is 2.99. The van der Waals surface area contributed by atoms with E-state index in [0.717, 1.165) is 11.1 Å². The van der Waals surface area contributed by atoms with E-state index in [0.29, 0.717) is 28.0 Å². The van der Waals surface area contributed by atoms with Crippen LogP contribution in [0.1, 0.15) is 16.1 Å². The Morgan fingerprint density at radius 2 is 1.64 bits per heavy atom. The Hall–Kier alpha value is -3.12. The number of furan rings is 1. The van der Waals surface area contributed by atoms with Crippen molar-refractivity contribution in [3.63, 3.8) is 0 Å². The Morgan fingerprint density at radius 1 is 0.964 bits per heavy atom. The van der Waals surface area contributed by atoms with Crippen molar-refractivity contribution in [3.05, 3.63) is 64.9 Å². The van der Waals surface area contributed by atoms with Crippen LogP contribution in [0, 0.1) is 0 Å². The van der Waals surface area contributed by atoms with Gasteiger partial charge in [0.15, 0.2) is 17.3 Å². The Bertz CT molecular complexity index is 983. The van der Waals surface area contributed by atoms with Gasteiger partial charge in [-0.15, -0.1) is 0 Å². The van der Waals surface area contributed by atoms with Crippen LogP contribution in [0.3, 0.4) is 0 Å². The highest BCUT2D eigenvalue weighted by Crippen LogP contribution is 2.34. The molecule has 0 radical (unpaired) electrons. The van der Waals surface area contributed by atoms with Gasteiger partial charge in [-0.3, -0.25) is 4.79 Å². The smallest absolute Gasteiger partial charge is 0.287 e. The van der Waals surface area contributed by atoms with Crippen LogP contribution < -0.4 is 19.5 Å². The standard InChI is InChI=1S/C21H20ClNO5/c1-25-18-11-20(27-3)19(26-2)10-13(18)12-23-21(24)17-9-8-16(28-17)14-6-4-5-7-15(14)22/h4-11H,12H2,1-3H3,(H,23,24). The molecule has 3 aromatic rings. The van der Waals surface area contributed by atoms with E-state index in [1.54, 1.807) is 51.7 Å². The maximum absolute atomic E-state index is 12.5. The number of carbonyl (C=O) groups is 1. The van der Waals surface area contributed by atoms with Crippen LogP contribution in [-0.2, 0) is 6.54 Å². The lowest BCUT2D eigenvalue weighted by Crippen LogP contribution is -2.22. The summed E-state index contributed by atoms with van der Waals surface area (Å²) in [7, 11) is 4.65. The van der Waals surface area contributed by atoms with Gasteiger partial charge in [-0.25, -0.2) is 0 Å². The lowest BCUT2D eigenvalue weighted by atomic mass is 10.1. The predicted octanol–water partition coefficient (Wildman–Crippen LogP) is 4.56. The van der Waals surface area contributed by atoms with Gasteiger partial charge >= 0.3 is 0 Å². The number of methoxy groups -OCH3 is 3. The molecule has 7 heteroatoms. The third kappa shape index (κ3) is 4.07. The molecule has 0 saturated carbocycles. The van der Waals surface area contributed by atoms with Crippen LogP contribution in [0.5, 0.6) is 17.2 Å². The SMILES string of the molecule is COc1cc(OC)c(OC)cc1CNC(=O)c1ccc(-c2ccccc2Cl)o1. The lowest BCUT2D eigenvalue weighted by Gasteiger charge is -2.14. The molecule has 6 nitrogen and oxygen atoms in total. The largest absolute Gasteiger partial charge is 0.496 e. The van der Waals surface area contributed by atoms with Crippen molar-refractivity contribution in [2.75, 3.05) is 21.3 Å². The molecule has 1 amide bonds. The number of hydrogen-bond donors (Lipinski definition) is 1. The number of carbonyl (C=O) groups excluding carboxylic acids is 1. The van der Waals surface area contributed by atoms with E-state index < -0.39 is 0 Å². The summed E-state index contributed by atoms with van der Waals surface area (Å²) >= 11 is 6.18. The first-order valence-corrected chi connectivity index (χ1v) is 8.87. The third-order valence-electron chi connectivity index (χ3n) is 4.20. The van der Waals surface area contributed by atoms with E-state index in [1.807, 2.05) is 18.2 Å². The van der Waals surface area contributed by atoms with E-state index in [-0.39, 0.29) is 18.2 Å². The molecule has 0 aliphatic carbocycles. The highest BCUT2D eigenvalue weighted by molar-refractivity contribution is 6.33. The zero-order valence-corrected chi connectivity index (χ0v) is 16.5.